The number of benzene rings is 2. The van der Waals surface area contributed by atoms with Crippen LogP contribution in [0, 0.1) is 20.2 Å². The van der Waals surface area contributed by atoms with Crippen LogP contribution in [0.25, 0.3) is 0 Å². The van der Waals surface area contributed by atoms with Gasteiger partial charge in [0.05, 0.1) is 16.0 Å². The molecule has 0 bridgehead atoms. The Hall–Kier alpha value is -2.61. The Kier molecular flexibility index (Phi) is 5.08. The van der Waals surface area contributed by atoms with Crippen LogP contribution < -0.4 is 0 Å². The van der Waals surface area contributed by atoms with Crippen molar-refractivity contribution in [1.29, 1.82) is 0 Å². The molecule has 0 aliphatic rings. The van der Waals surface area contributed by atoms with Crippen molar-refractivity contribution in [2.75, 3.05) is 6.16 Å². The first-order valence-electron chi connectivity index (χ1n) is 6.70. The molecule has 0 unspecified atom stereocenters. The van der Waals surface area contributed by atoms with Gasteiger partial charge in [0.15, 0.2) is 0 Å². The van der Waals surface area contributed by atoms with Crippen molar-refractivity contribution in [3.8, 4) is 0 Å². The monoisotopic (exact) mass is 352 g/mol. The van der Waals surface area contributed by atoms with E-state index in [9.17, 15) is 34.6 Å². The Morgan fingerprint density at radius 1 is 0.833 bits per heavy atom. The van der Waals surface area contributed by atoms with Gasteiger partial charge in [0.2, 0.25) is 0 Å². The summed E-state index contributed by atoms with van der Waals surface area (Å²) in [6.07, 6.45) is -0.511. The number of non-ortho nitro benzene ring substituents is 2. The lowest BCUT2D eigenvalue weighted by Crippen LogP contribution is -2.07. The zero-order valence-corrected chi connectivity index (χ0v) is 13.1. The molecule has 126 valence electrons. The smallest absolute Gasteiger partial charge is 0.324 e. The standard InChI is InChI=1S/C14H13N2O7P/c17-15(18)12-5-1-10(2-6-12)14(9-24(21,22)23)11-3-7-13(8-4-11)16(19)20/h1-8,14H,9H2,(H2,21,22,23). The molecule has 2 rings (SSSR count). The van der Waals surface area contributed by atoms with Gasteiger partial charge in [-0.2, -0.15) is 0 Å². The van der Waals surface area contributed by atoms with Crippen LogP contribution >= 0.6 is 7.60 Å². The molecule has 0 aliphatic carbocycles. The van der Waals surface area contributed by atoms with Crippen molar-refractivity contribution in [2.24, 2.45) is 0 Å². The van der Waals surface area contributed by atoms with Gasteiger partial charge < -0.3 is 9.79 Å². The molecular formula is C14H13N2O7P. The molecule has 0 spiro atoms. The van der Waals surface area contributed by atoms with Gasteiger partial charge in [-0.3, -0.25) is 24.8 Å². The molecule has 2 aromatic carbocycles. The van der Waals surface area contributed by atoms with Gasteiger partial charge in [0, 0.05) is 30.2 Å². The Balaban J connectivity index is 2.42. The van der Waals surface area contributed by atoms with E-state index in [1.165, 1.54) is 48.5 Å². The topological polar surface area (TPSA) is 144 Å². The number of nitro benzene ring substituents is 2. The molecule has 0 radical (unpaired) electrons. The Bertz CT molecular complexity index is 741. The second-order valence-corrected chi connectivity index (χ2v) is 6.79. The minimum Gasteiger partial charge on any atom is -0.324 e. The molecule has 0 amide bonds. The van der Waals surface area contributed by atoms with Crippen molar-refractivity contribution < 1.29 is 24.2 Å². The number of rotatable bonds is 6. The molecule has 2 aromatic rings. The van der Waals surface area contributed by atoms with Crippen LogP contribution in [0.4, 0.5) is 11.4 Å². The summed E-state index contributed by atoms with van der Waals surface area (Å²) in [5.74, 6) is -0.743. The molecule has 0 heterocycles. The van der Waals surface area contributed by atoms with Crippen molar-refractivity contribution in [3.05, 3.63) is 79.9 Å². The molecule has 0 aromatic heterocycles. The number of hydrogen-bond acceptors (Lipinski definition) is 5. The molecule has 0 aliphatic heterocycles. The third kappa shape index (κ3) is 4.45. The SMILES string of the molecule is O=[N+]([O-])c1ccc(C(CP(=O)(O)O)c2ccc([N+](=O)[O-])cc2)cc1. The largest absolute Gasteiger partial charge is 0.326 e. The fraction of sp³-hybridized carbons (Fsp3) is 0.143. The Morgan fingerprint density at radius 2 is 1.17 bits per heavy atom. The van der Waals surface area contributed by atoms with Gasteiger partial charge >= 0.3 is 7.60 Å². The van der Waals surface area contributed by atoms with Gasteiger partial charge in [-0.1, -0.05) is 24.3 Å². The molecule has 10 heteroatoms. The van der Waals surface area contributed by atoms with Crippen molar-refractivity contribution in [3.63, 3.8) is 0 Å². The second kappa shape index (κ2) is 6.88. The maximum Gasteiger partial charge on any atom is 0.326 e. The quantitative estimate of drug-likeness (QED) is 0.462. The van der Waals surface area contributed by atoms with E-state index >= 15 is 0 Å². The zero-order chi connectivity index (χ0) is 17.9. The fourth-order valence-electron chi connectivity index (χ4n) is 2.30. The van der Waals surface area contributed by atoms with E-state index in [0.717, 1.165) is 0 Å². The summed E-state index contributed by atoms with van der Waals surface area (Å²) in [5, 5.41) is 21.4. The van der Waals surface area contributed by atoms with Gasteiger partial charge in [0.25, 0.3) is 11.4 Å². The Labute approximate surface area is 136 Å². The van der Waals surface area contributed by atoms with E-state index in [0.29, 0.717) is 11.1 Å². The van der Waals surface area contributed by atoms with Crippen LogP contribution in [-0.2, 0) is 4.57 Å². The van der Waals surface area contributed by atoms with E-state index in [1.54, 1.807) is 0 Å². The van der Waals surface area contributed by atoms with Crippen molar-refractivity contribution in [1.82, 2.24) is 0 Å². The highest BCUT2D eigenvalue weighted by Gasteiger charge is 2.25. The molecule has 0 saturated carbocycles. The third-order valence-electron chi connectivity index (χ3n) is 3.43. The summed E-state index contributed by atoms with van der Waals surface area (Å²) in [6, 6.07) is 10.6. The van der Waals surface area contributed by atoms with Crippen LogP contribution in [0.15, 0.2) is 48.5 Å². The van der Waals surface area contributed by atoms with E-state index in [4.69, 9.17) is 0 Å². The summed E-state index contributed by atoms with van der Waals surface area (Å²) in [7, 11) is -4.38. The van der Waals surface area contributed by atoms with Crippen LogP contribution in [0.1, 0.15) is 17.0 Å². The normalized spacial score (nSPS) is 11.5. The van der Waals surface area contributed by atoms with E-state index < -0.39 is 29.5 Å². The maximum atomic E-state index is 11.4. The highest BCUT2D eigenvalue weighted by atomic mass is 31.2. The van der Waals surface area contributed by atoms with Crippen LogP contribution in [0.2, 0.25) is 0 Å². The van der Waals surface area contributed by atoms with Crippen molar-refractivity contribution >= 4 is 19.0 Å². The minimum absolute atomic E-state index is 0.141. The molecule has 0 fully saturated rings. The minimum atomic E-state index is -4.38. The molecular weight excluding hydrogens is 339 g/mol. The Morgan fingerprint density at radius 3 is 1.42 bits per heavy atom. The van der Waals surface area contributed by atoms with Crippen LogP contribution in [0.3, 0.4) is 0 Å². The number of nitro groups is 2. The van der Waals surface area contributed by atoms with Gasteiger partial charge in [-0.15, -0.1) is 0 Å². The number of hydrogen-bond donors (Lipinski definition) is 2. The van der Waals surface area contributed by atoms with Crippen LogP contribution in [0.5, 0.6) is 0 Å². The average Bonchev–Trinajstić information content (AvgIpc) is 2.52. The summed E-state index contributed by atoms with van der Waals surface area (Å²) < 4.78 is 11.4. The van der Waals surface area contributed by atoms with E-state index in [2.05, 4.69) is 0 Å². The molecule has 2 N–H and O–H groups in total. The number of nitrogens with zero attached hydrogens (tertiary/aromatic N) is 2. The van der Waals surface area contributed by atoms with E-state index in [1.807, 2.05) is 0 Å². The highest BCUT2D eigenvalue weighted by Crippen LogP contribution is 2.43. The van der Waals surface area contributed by atoms with Crippen LogP contribution in [-0.4, -0.2) is 25.8 Å². The first-order chi connectivity index (χ1) is 11.2. The van der Waals surface area contributed by atoms with Gasteiger partial charge in [-0.25, -0.2) is 0 Å². The first kappa shape index (κ1) is 17.7. The lowest BCUT2D eigenvalue weighted by Gasteiger charge is -2.18. The van der Waals surface area contributed by atoms with E-state index in [-0.39, 0.29) is 11.4 Å². The fourth-order valence-corrected chi connectivity index (χ4v) is 3.20. The summed E-state index contributed by atoms with van der Waals surface area (Å²) in [6.45, 7) is 0. The molecule has 0 atom stereocenters. The zero-order valence-electron chi connectivity index (χ0n) is 12.2. The first-order valence-corrected chi connectivity index (χ1v) is 8.50. The summed E-state index contributed by atoms with van der Waals surface area (Å²) >= 11 is 0. The predicted molar refractivity (Wildman–Crippen MR) is 84.9 cm³/mol. The molecule has 0 saturated heterocycles. The summed E-state index contributed by atoms with van der Waals surface area (Å²) in [4.78, 5) is 38.8. The molecule has 9 nitrogen and oxygen atoms in total. The third-order valence-corrected chi connectivity index (χ3v) is 4.27. The highest BCUT2D eigenvalue weighted by molar-refractivity contribution is 7.51. The van der Waals surface area contributed by atoms with Gasteiger partial charge in [0.1, 0.15) is 0 Å². The summed E-state index contributed by atoms with van der Waals surface area (Å²) in [5.41, 5.74) is 0.658. The lowest BCUT2D eigenvalue weighted by atomic mass is 9.92. The van der Waals surface area contributed by atoms with Crippen molar-refractivity contribution in [2.45, 2.75) is 5.92 Å². The average molecular weight is 352 g/mol. The van der Waals surface area contributed by atoms with Gasteiger partial charge in [-0.05, 0) is 11.1 Å². The maximum absolute atomic E-state index is 11.4. The predicted octanol–water partition coefficient (Wildman–Crippen LogP) is 2.81. The lowest BCUT2D eigenvalue weighted by molar-refractivity contribution is -0.385. The second-order valence-electron chi connectivity index (χ2n) is 5.10. The molecule has 24 heavy (non-hydrogen) atoms.